The van der Waals surface area contributed by atoms with Crippen LogP contribution in [0.4, 0.5) is 5.82 Å². The molecule has 3 rings (SSSR count). The van der Waals surface area contributed by atoms with Gasteiger partial charge in [-0.2, -0.15) is 0 Å². The monoisotopic (exact) mass is 869 g/mol. The van der Waals surface area contributed by atoms with Gasteiger partial charge in [-0.15, -0.1) is 0 Å². The summed E-state index contributed by atoms with van der Waals surface area (Å²) in [6.07, 6.45) is -5.23. The van der Waals surface area contributed by atoms with Gasteiger partial charge < -0.3 is 64.5 Å². The number of aromatic nitrogens is 4. The second-order valence-corrected chi connectivity index (χ2v) is 17.6. The third-order valence-corrected chi connectivity index (χ3v) is 11.4. The van der Waals surface area contributed by atoms with Gasteiger partial charge in [-0.3, -0.25) is 32.6 Å². The van der Waals surface area contributed by atoms with E-state index >= 15 is 0 Å². The third-order valence-electron chi connectivity index (χ3n) is 7.48. The van der Waals surface area contributed by atoms with Gasteiger partial charge >= 0.3 is 56.6 Å². The number of rotatable bonds is 22. The molecule has 0 aromatic carbocycles. The molecule has 3 heterocycles. The summed E-state index contributed by atoms with van der Waals surface area (Å²) in [6.45, 7) is 2.16. The standard InChI is InChI=1S/C26H44N7O17P3S.3Li/c1-4-5-6-17(35)54-10-9-28-16(34)7-8-29-24(38)21(37)26(2,3)12-47-53(44,45)50-52(42,43)46-11-15-20(49-51(39,40)41)19(36)25(48-15)33-14-32-18-22(27)30-13-31-23(18)33;;;/h13-15,19-21,25,36-37H,4-12H2,1-3H3,(H,28,34)(H,29,38)(H,42,43)(H,44,45)(H2,27,30,31)(H2,39,40,41);;;/q;3*+1/p-3. The van der Waals surface area contributed by atoms with Crippen molar-refractivity contribution in [3.8, 4) is 0 Å². The number of phosphoric ester groups is 3. The number of amides is 2. The summed E-state index contributed by atoms with van der Waals surface area (Å²) in [5.41, 5.74) is 4.12. The molecule has 0 aliphatic carbocycles. The summed E-state index contributed by atoms with van der Waals surface area (Å²) in [7, 11) is -17.3. The van der Waals surface area contributed by atoms with E-state index in [1.165, 1.54) is 13.8 Å². The number of nitrogens with one attached hydrogen (secondary N) is 2. The summed E-state index contributed by atoms with van der Waals surface area (Å²) in [5.74, 6) is -1.14. The maximum Gasteiger partial charge on any atom is 1.00 e. The van der Waals surface area contributed by atoms with Crippen molar-refractivity contribution < 1.29 is 137 Å². The Balaban J connectivity index is 0.0000105. The van der Waals surface area contributed by atoms with Gasteiger partial charge in [-0.1, -0.05) is 39.0 Å². The molecule has 306 valence electrons. The van der Waals surface area contributed by atoms with Gasteiger partial charge in [-0.05, 0) is 6.42 Å². The zero-order chi connectivity index (χ0) is 40.5. The number of imidazole rings is 1. The molecule has 1 fully saturated rings. The number of hydrogen-bond acceptors (Lipinski definition) is 21. The van der Waals surface area contributed by atoms with Crippen LogP contribution in [0.5, 0.6) is 0 Å². The first-order chi connectivity index (χ1) is 25.1. The van der Waals surface area contributed by atoms with E-state index in [2.05, 4.69) is 43.5 Å². The van der Waals surface area contributed by atoms with Gasteiger partial charge in [0.2, 0.25) is 11.8 Å². The fourth-order valence-electron chi connectivity index (χ4n) is 4.67. The van der Waals surface area contributed by atoms with Gasteiger partial charge in [0.25, 0.3) is 23.5 Å². The van der Waals surface area contributed by atoms with Crippen molar-refractivity contribution in [2.45, 2.75) is 77.1 Å². The molecule has 2 aromatic heterocycles. The topological polar surface area (TPSA) is 372 Å². The molecule has 7 N–H and O–H groups in total. The number of aliphatic hydroxyl groups excluding tert-OH is 2. The van der Waals surface area contributed by atoms with E-state index < -0.39 is 84.6 Å². The minimum atomic E-state index is -5.89. The Kier molecular flexibility index (Phi) is 24.4. The van der Waals surface area contributed by atoms with E-state index in [0.29, 0.717) is 12.2 Å². The minimum Gasteiger partial charge on any atom is -0.756 e. The number of unbranched alkanes of at least 4 members (excludes halogenated alkanes) is 1. The summed E-state index contributed by atoms with van der Waals surface area (Å²) in [4.78, 5) is 93.5. The van der Waals surface area contributed by atoms with Crippen molar-refractivity contribution in [3.63, 3.8) is 0 Å². The first kappa shape index (κ1) is 56.4. The van der Waals surface area contributed by atoms with Gasteiger partial charge in [0.15, 0.2) is 22.8 Å². The maximum atomic E-state index is 12.5. The van der Waals surface area contributed by atoms with Crippen LogP contribution >= 0.6 is 35.2 Å². The van der Waals surface area contributed by atoms with Gasteiger partial charge in [0.05, 0.1) is 19.5 Å². The average Bonchev–Trinajstić information content (AvgIpc) is 3.63. The Labute approximate surface area is 367 Å². The van der Waals surface area contributed by atoms with E-state index in [-0.39, 0.29) is 98.2 Å². The molecule has 0 spiro atoms. The molecule has 24 nitrogen and oxygen atoms in total. The fourth-order valence-corrected chi connectivity index (χ4v) is 8.14. The molecule has 31 heteroatoms. The zero-order valence-electron chi connectivity index (χ0n) is 32.1. The number of fused-ring (bicyclic) bond motifs is 1. The van der Waals surface area contributed by atoms with Gasteiger partial charge in [0.1, 0.15) is 36.3 Å². The molecule has 0 saturated carbocycles. The third kappa shape index (κ3) is 18.1. The van der Waals surface area contributed by atoms with Crippen molar-refractivity contribution in [2.75, 3.05) is 37.8 Å². The first-order valence-corrected chi connectivity index (χ1v) is 21.5. The molecule has 57 heavy (non-hydrogen) atoms. The summed E-state index contributed by atoms with van der Waals surface area (Å²) >= 11 is 1.10. The number of hydrogen-bond donors (Lipinski definition) is 6. The molecule has 8 unspecified atom stereocenters. The molecule has 1 saturated heterocycles. The van der Waals surface area contributed by atoms with Crippen LogP contribution in [0.2, 0.25) is 0 Å². The van der Waals surface area contributed by atoms with E-state index in [4.69, 9.17) is 10.5 Å². The van der Waals surface area contributed by atoms with Crippen molar-refractivity contribution >= 4 is 69.1 Å². The Morgan fingerprint density at radius 2 is 1.70 bits per heavy atom. The molecule has 2 amide bonds. The van der Waals surface area contributed by atoms with Crippen molar-refractivity contribution in [1.29, 1.82) is 0 Å². The molecule has 0 bridgehead atoms. The number of nitrogens with two attached hydrogens (primary N) is 1. The van der Waals surface area contributed by atoms with E-state index in [1.807, 2.05) is 6.92 Å². The predicted molar refractivity (Wildman–Crippen MR) is 180 cm³/mol. The normalized spacial score (nSPS) is 21.7. The maximum absolute atomic E-state index is 12.5. The Hall–Kier alpha value is -0.648. The molecule has 2 aromatic rings. The average molecular weight is 869 g/mol. The van der Waals surface area contributed by atoms with Crippen LogP contribution in [0.15, 0.2) is 12.7 Å². The molecule has 8 atom stereocenters. The molecule has 0 radical (unpaired) electrons. The SMILES string of the molecule is CCCCC(=O)SCCNC(=O)CCNC(=O)C(O)C(C)(C)COP(=O)([O-])OP(=O)([O-])OCC1OC(n2cnc3c(N)ncnc32)C(O)C1OP(=O)([O-])O.[Li+].[Li+].[Li+]. The zero-order valence-corrected chi connectivity index (χ0v) is 35.6. The largest absolute Gasteiger partial charge is 1.00 e. The Morgan fingerprint density at radius 3 is 2.33 bits per heavy atom. The number of aliphatic hydroxyl groups is 2. The van der Waals surface area contributed by atoms with E-state index in [0.717, 1.165) is 41.8 Å². The van der Waals surface area contributed by atoms with Gasteiger partial charge in [0, 0.05) is 37.1 Å². The number of ether oxygens (including phenoxy) is 1. The summed E-state index contributed by atoms with van der Waals surface area (Å²) < 4.78 is 60.7. The summed E-state index contributed by atoms with van der Waals surface area (Å²) in [6, 6.07) is 0. The second-order valence-electron chi connectivity index (χ2n) is 12.3. The number of thioether (sulfide) groups is 1. The molecule has 1 aliphatic heterocycles. The van der Waals surface area contributed by atoms with Crippen molar-refractivity contribution in [2.24, 2.45) is 5.41 Å². The quantitative estimate of drug-likeness (QED) is 0.0363. The van der Waals surface area contributed by atoms with Crippen molar-refractivity contribution in [1.82, 2.24) is 30.2 Å². The number of nitrogen functional groups attached to an aromatic ring is 1. The van der Waals surface area contributed by atoms with Gasteiger partial charge in [-0.25, -0.2) is 19.3 Å². The Morgan fingerprint density at radius 1 is 1.05 bits per heavy atom. The number of nitrogens with zero attached hydrogens (tertiary/aromatic N) is 4. The van der Waals surface area contributed by atoms with Crippen LogP contribution in [0.1, 0.15) is 52.7 Å². The molecular formula is C26H41Li3N7O17P3S. The van der Waals surface area contributed by atoms with Crippen molar-refractivity contribution in [3.05, 3.63) is 12.7 Å². The van der Waals surface area contributed by atoms with Crippen LogP contribution in [0, 0.1) is 5.41 Å². The number of carbonyl (C=O) groups is 3. The second kappa shape index (κ2) is 24.7. The first-order valence-electron chi connectivity index (χ1n) is 16.0. The Bertz CT molecular complexity index is 1780. The number of phosphoric acid groups is 3. The van der Waals surface area contributed by atoms with E-state index in [1.54, 1.807) is 0 Å². The van der Waals surface area contributed by atoms with Crippen LogP contribution in [-0.4, -0.2) is 108 Å². The number of carbonyl (C=O) groups excluding carboxylic acids is 3. The van der Waals surface area contributed by atoms with E-state index in [9.17, 15) is 57.9 Å². The van der Waals surface area contributed by atoms with Crippen LogP contribution < -0.4 is 87.6 Å². The van der Waals surface area contributed by atoms with Crippen LogP contribution in [0.25, 0.3) is 11.2 Å². The minimum absolute atomic E-state index is 0. The fraction of sp³-hybridized carbons (Fsp3) is 0.692. The summed E-state index contributed by atoms with van der Waals surface area (Å²) in [5, 5.41) is 26.2. The smallest absolute Gasteiger partial charge is 0.756 e. The van der Waals surface area contributed by atoms with Crippen LogP contribution in [-0.2, 0) is 50.7 Å². The predicted octanol–water partition coefficient (Wildman–Crippen LogP) is -11.0. The number of anilines is 1. The van der Waals surface area contributed by atoms with Crippen LogP contribution in [0.3, 0.4) is 0 Å². The molecule has 1 aliphatic rings. The molecular weight excluding hydrogens is 828 g/mol.